The van der Waals surface area contributed by atoms with E-state index in [0.717, 1.165) is 31.2 Å². The SMILES string of the molecule is CC.CC1=CN(C)C2C=CC=CC2=N1.CCN.Cc1cc(-c2ccccc2)ccc1NCC1=CNCN1C. The Morgan fingerprint density at radius 2 is 1.74 bits per heavy atom. The molecule has 0 bridgehead atoms. The van der Waals surface area contributed by atoms with E-state index in [9.17, 15) is 0 Å². The minimum Gasteiger partial charge on any atom is -0.379 e. The average Bonchev–Trinajstić information content (AvgIpc) is 3.35. The molecule has 2 aromatic carbocycles. The molecule has 2 heterocycles. The lowest BCUT2D eigenvalue weighted by atomic mass is 10.0. The van der Waals surface area contributed by atoms with Crippen LogP contribution in [0.15, 0.2) is 102 Å². The van der Waals surface area contributed by atoms with Gasteiger partial charge >= 0.3 is 0 Å². The Labute approximate surface area is 230 Å². The Morgan fingerprint density at radius 1 is 1.03 bits per heavy atom. The van der Waals surface area contributed by atoms with Gasteiger partial charge in [0.2, 0.25) is 0 Å². The maximum Gasteiger partial charge on any atom is 0.0892 e. The Morgan fingerprint density at radius 3 is 2.37 bits per heavy atom. The second-order valence-electron chi connectivity index (χ2n) is 9.01. The summed E-state index contributed by atoms with van der Waals surface area (Å²) in [6.07, 6.45) is 12.5. The molecule has 1 unspecified atom stereocenters. The average molecular weight is 515 g/mol. The molecule has 0 radical (unpaired) electrons. The van der Waals surface area contributed by atoms with Gasteiger partial charge in [0.1, 0.15) is 0 Å². The van der Waals surface area contributed by atoms with Crippen LogP contribution in [0.25, 0.3) is 11.1 Å². The molecule has 0 spiro atoms. The smallest absolute Gasteiger partial charge is 0.0892 e. The van der Waals surface area contributed by atoms with Crippen molar-refractivity contribution < 1.29 is 0 Å². The molecule has 2 aromatic rings. The van der Waals surface area contributed by atoms with Crippen LogP contribution in [0.4, 0.5) is 5.69 Å². The van der Waals surface area contributed by atoms with Crippen molar-refractivity contribution >= 4 is 11.4 Å². The molecule has 0 saturated carbocycles. The van der Waals surface area contributed by atoms with E-state index in [4.69, 9.17) is 5.73 Å². The van der Waals surface area contributed by atoms with E-state index >= 15 is 0 Å². The predicted octanol–water partition coefficient (Wildman–Crippen LogP) is 6.13. The van der Waals surface area contributed by atoms with Gasteiger partial charge in [0.05, 0.1) is 30.7 Å². The molecule has 204 valence electrons. The van der Waals surface area contributed by atoms with Crippen LogP contribution in [0, 0.1) is 6.92 Å². The number of nitrogens with two attached hydrogens (primary N) is 1. The van der Waals surface area contributed by atoms with Crippen molar-refractivity contribution in [1.29, 1.82) is 0 Å². The van der Waals surface area contributed by atoms with E-state index in [2.05, 4.69) is 120 Å². The summed E-state index contributed by atoms with van der Waals surface area (Å²) in [5, 5.41) is 6.74. The maximum atomic E-state index is 4.85. The molecule has 1 atom stereocenters. The van der Waals surface area contributed by atoms with Crippen LogP contribution in [0.2, 0.25) is 0 Å². The standard InChI is InChI=1S/C18H21N3.C10H12N2.C2H7N.C2H6/c1-14-10-16(15-6-4-3-5-7-15)8-9-18(14)20-12-17-11-19-13-21(17)2;1-8-7-12(2)10-6-4-3-5-9(10)11-8;1-2-3;1-2/h3-11,19-20H,12-13H2,1-2H3;3-7,10H,1-2H3;2-3H2,1H3;1-2H3. The van der Waals surface area contributed by atoms with Gasteiger partial charge < -0.3 is 26.2 Å². The largest absolute Gasteiger partial charge is 0.379 e. The number of hydrogen-bond donors (Lipinski definition) is 3. The topological polar surface area (TPSA) is 68.9 Å². The van der Waals surface area contributed by atoms with Gasteiger partial charge in [-0.15, -0.1) is 0 Å². The molecule has 0 aromatic heterocycles. The van der Waals surface area contributed by atoms with Crippen molar-refractivity contribution in [1.82, 2.24) is 15.1 Å². The monoisotopic (exact) mass is 514 g/mol. The van der Waals surface area contributed by atoms with E-state index in [1.54, 1.807) is 0 Å². The number of fused-ring (bicyclic) bond motifs is 1. The molecule has 5 rings (SSSR count). The van der Waals surface area contributed by atoms with Gasteiger partial charge in [-0.2, -0.15) is 0 Å². The summed E-state index contributed by atoms with van der Waals surface area (Å²) >= 11 is 0. The van der Waals surface area contributed by atoms with E-state index in [1.807, 2.05) is 39.8 Å². The number of aryl methyl sites for hydroxylation is 1. The van der Waals surface area contributed by atoms with Crippen LogP contribution in [0.1, 0.15) is 33.3 Å². The fourth-order valence-electron chi connectivity index (χ4n) is 4.13. The van der Waals surface area contributed by atoms with Gasteiger partial charge in [0.15, 0.2) is 0 Å². The summed E-state index contributed by atoms with van der Waals surface area (Å²) in [6.45, 7) is 12.6. The van der Waals surface area contributed by atoms with Crippen LogP contribution >= 0.6 is 0 Å². The number of rotatable bonds is 4. The fourth-order valence-corrected chi connectivity index (χ4v) is 4.13. The number of hydrogen-bond acceptors (Lipinski definition) is 6. The maximum absolute atomic E-state index is 4.85. The molecule has 38 heavy (non-hydrogen) atoms. The van der Waals surface area contributed by atoms with E-state index in [1.165, 1.54) is 28.1 Å². The van der Waals surface area contributed by atoms with Crippen LogP contribution < -0.4 is 16.4 Å². The summed E-state index contributed by atoms with van der Waals surface area (Å²) in [7, 11) is 4.17. The van der Waals surface area contributed by atoms with Crippen molar-refractivity contribution in [2.75, 3.05) is 39.2 Å². The Balaban J connectivity index is 0.000000252. The molecule has 4 N–H and O–H groups in total. The number of aliphatic imine (C=N–C) groups is 1. The van der Waals surface area contributed by atoms with E-state index in [-0.39, 0.29) is 0 Å². The zero-order valence-corrected chi connectivity index (χ0v) is 24.2. The molecule has 0 amide bonds. The molecule has 0 fully saturated rings. The summed E-state index contributed by atoms with van der Waals surface area (Å²) in [5.74, 6) is 0. The quantitative estimate of drug-likeness (QED) is 0.458. The highest BCUT2D eigenvalue weighted by atomic mass is 15.3. The second-order valence-corrected chi connectivity index (χ2v) is 9.01. The van der Waals surface area contributed by atoms with Crippen LogP contribution in [0.5, 0.6) is 0 Å². The minimum atomic E-state index is 0.346. The summed E-state index contributed by atoms with van der Waals surface area (Å²) in [6, 6.07) is 17.4. The first-order valence-corrected chi connectivity index (χ1v) is 13.5. The number of nitrogens with zero attached hydrogens (tertiary/aromatic N) is 3. The number of benzene rings is 2. The second kappa shape index (κ2) is 16.2. The number of allylic oxidation sites excluding steroid dienone is 3. The summed E-state index contributed by atoms with van der Waals surface area (Å²) in [4.78, 5) is 8.84. The first kappa shape index (κ1) is 30.5. The lowest BCUT2D eigenvalue weighted by Crippen LogP contribution is -2.35. The Bertz CT molecular complexity index is 1140. The number of likely N-dealkylation sites (N-methyl/N-ethyl adjacent to an activating group) is 2. The van der Waals surface area contributed by atoms with Crippen molar-refractivity contribution in [3.63, 3.8) is 0 Å². The highest BCUT2D eigenvalue weighted by molar-refractivity contribution is 6.03. The number of nitrogens with one attached hydrogen (secondary N) is 2. The third kappa shape index (κ3) is 8.96. The zero-order chi connectivity index (χ0) is 27.9. The Hall–Kier alpha value is -3.77. The molecule has 0 saturated heterocycles. The molecular formula is C32H46N6. The van der Waals surface area contributed by atoms with Gasteiger partial charge in [-0.3, -0.25) is 4.99 Å². The normalized spacial score (nSPS) is 16.6. The van der Waals surface area contributed by atoms with Crippen molar-refractivity contribution in [2.45, 2.75) is 40.7 Å². The third-order valence-electron chi connectivity index (χ3n) is 5.99. The Kier molecular flexibility index (Phi) is 12.9. The molecule has 2 aliphatic heterocycles. The first-order valence-electron chi connectivity index (χ1n) is 13.5. The minimum absolute atomic E-state index is 0.346. The van der Waals surface area contributed by atoms with Crippen LogP contribution in [0.3, 0.4) is 0 Å². The predicted molar refractivity (Wildman–Crippen MR) is 166 cm³/mol. The molecule has 6 heteroatoms. The van der Waals surface area contributed by atoms with Crippen LogP contribution in [-0.2, 0) is 0 Å². The highest BCUT2D eigenvalue weighted by Crippen LogP contribution is 2.25. The van der Waals surface area contributed by atoms with Gasteiger partial charge in [0.25, 0.3) is 0 Å². The molecular weight excluding hydrogens is 468 g/mol. The van der Waals surface area contributed by atoms with Crippen molar-refractivity contribution in [3.05, 3.63) is 102 Å². The van der Waals surface area contributed by atoms with Gasteiger partial charge in [0, 0.05) is 37.9 Å². The first-order chi connectivity index (χ1) is 18.4. The molecule has 1 aliphatic carbocycles. The lowest BCUT2D eigenvalue weighted by Gasteiger charge is -2.29. The van der Waals surface area contributed by atoms with Gasteiger partial charge in [-0.25, -0.2) is 0 Å². The zero-order valence-electron chi connectivity index (χ0n) is 24.2. The fraction of sp³-hybridized carbons (Fsp3) is 0.344. The van der Waals surface area contributed by atoms with Crippen molar-refractivity contribution in [3.8, 4) is 11.1 Å². The van der Waals surface area contributed by atoms with Gasteiger partial charge in [-0.05, 0) is 55.3 Å². The summed E-state index contributed by atoms with van der Waals surface area (Å²) in [5.41, 5.74) is 13.3. The van der Waals surface area contributed by atoms with Crippen LogP contribution in [-0.4, -0.2) is 55.4 Å². The number of anilines is 1. The lowest BCUT2D eigenvalue weighted by molar-refractivity contribution is 0.438. The molecule has 6 nitrogen and oxygen atoms in total. The highest BCUT2D eigenvalue weighted by Gasteiger charge is 2.19. The van der Waals surface area contributed by atoms with E-state index < -0.39 is 0 Å². The molecule has 3 aliphatic rings. The van der Waals surface area contributed by atoms with E-state index in [0.29, 0.717) is 6.04 Å². The van der Waals surface area contributed by atoms with Crippen molar-refractivity contribution in [2.24, 2.45) is 10.7 Å². The van der Waals surface area contributed by atoms with Gasteiger partial charge in [-0.1, -0.05) is 75.4 Å². The summed E-state index contributed by atoms with van der Waals surface area (Å²) < 4.78 is 0. The third-order valence-corrected chi connectivity index (χ3v) is 5.99.